The molecule has 0 heterocycles. The van der Waals surface area contributed by atoms with Gasteiger partial charge in [-0.15, -0.1) is 13.2 Å². The van der Waals surface area contributed by atoms with Crippen molar-refractivity contribution in [1.29, 1.82) is 0 Å². The van der Waals surface area contributed by atoms with Crippen LogP contribution in [0.3, 0.4) is 0 Å². The van der Waals surface area contributed by atoms with Gasteiger partial charge in [0.15, 0.2) is 11.6 Å². The van der Waals surface area contributed by atoms with E-state index in [9.17, 15) is 17.6 Å². The molecule has 0 bridgehead atoms. The van der Waals surface area contributed by atoms with Crippen molar-refractivity contribution >= 4 is 0 Å². The maximum absolute atomic E-state index is 14.3. The van der Waals surface area contributed by atoms with Crippen molar-refractivity contribution in [2.45, 2.75) is 77.5 Å². The Kier molecular flexibility index (Phi) is 6.48. The minimum absolute atomic E-state index is 0.334. The third-order valence-electron chi connectivity index (χ3n) is 6.08. The van der Waals surface area contributed by atoms with E-state index >= 15 is 0 Å². The Hall–Kier alpha value is -1.52. The summed E-state index contributed by atoms with van der Waals surface area (Å²) in [4.78, 5) is 0. The lowest BCUT2D eigenvalue weighted by atomic mass is 9.77. The van der Waals surface area contributed by atoms with E-state index in [0.29, 0.717) is 18.4 Å². The number of rotatable bonds is 6. The molecule has 1 aromatic carbocycles. The molecule has 0 N–H and O–H groups in total. The molecule has 2 aliphatic rings. The molecule has 0 aliphatic heterocycles. The molecular formula is C22H28F4O. The lowest BCUT2D eigenvalue weighted by Gasteiger charge is -2.29. The fraction of sp³-hybridized carbons (Fsp3) is 0.636. The van der Waals surface area contributed by atoms with Crippen LogP contribution in [-0.4, -0.2) is 6.36 Å². The summed E-state index contributed by atoms with van der Waals surface area (Å²) < 4.78 is 55.2. The number of fused-ring (bicyclic) bond motifs is 1. The third-order valence-corrected chi connectivity index (χ3v) is 6.08. The van der Waals surface area contributed by atoms with Crippen LogP contribution < -0.4 is 4.74 Å². The molecule has 0 spiro atoms. The molecule has 150 valence electrons. The Morgan fingerprint density at radius 1 is 1.04 bits per heavy atom. The summed E-state index contributed by atoms with van der Waals surface area (Å²) in [6.45, 7) is 2.25. The monoisotopic (exact) mass is 384 g/mol. The van der Waals surface area contributed by atoms with Crippen LogP contribution in [0.25, 0.3) is 0 Å². The van der Waals surface area contributed by atoms with Crippen LogP contribution in [0.2, 0.25) is 0 Å². The van der Waals surface area contributed by atoms with E-state index in [1.54, 1.807) is 6.07 Å². The highest BCUT2D eigenvalue weighted by Crippen LogP contribution is 2.37. The van der Waals surface area contributed by atoms with Gasteiger partial charge in [0, 0.05) is 0 Å². The van der Waals surface area contributed by atoms with Crippen molar-refractivity contribution in [3.05, 3.63) is 40.7 Å². The van der Waals surface area contributed by atoms with Gasteiger partial charge in [0.1, 0.15) is 0 Å². The number of benzene rings is 1. The van der Waals surface area contributed by atoms with E-state index in [-0.39, 0.29) is 0 Å². The smallest absolute Gasteiger partial charge is 0.403 e. The van der Waals surface area contributed by atoms with Crippen molar-refractivity contribution < 1.29 is 22.3 Å². The highest BCUT2D eigenvalue weighted by Gasteiger charge is 2.33. The Balaban J connectivity index is 1.53. The van der Waals surface area contributed by atoms with Gasteiger partial charge in [-0.05, 0) is 54.7 Å². The fourth-order valence-electron chi connectivity index (χ4n) is 4.59. The van der Waals surface area contributed by atoms with E-state index in [4.69, 9.17) is 0 Å². The molecule has 0 aromatic heterocycles. The van der Waals surface area contributed by atoms with Gasteiger partial charge in [-0.2, -0.15) is 0 Å². The normalized spacial score (nSPS) is 22.9. The first-order valence-electron chi connectivity index (χ1n) is 10.1. The number of ether oxygens (including phenoxy) is 1. The molecule has 1 saturated carbocycles. The molecule has 1 aromatic rings. The van der Waals surface area contributed by atoms with Crippen LogP contribution in [0, 0.1) is 17.7 Å². The second-order valence-electron chi connectivity index (χ2n) is 8.02. The van der Waals surface area contributed by atoms with Gasteiger partial charge in [-0.1, -0.05) is 63.2 Å². The molecule has 1 fully saturated rings. The van der Waals surface area contributed by atoms with Gasteiger partial charge in [0.2, 0.25) is 0 Å². The number of halogens is 4. The summed E-state index contributed by atoms with van der Waals surface area (Å²) in [6.07, 6.45) is 8.17. The standard InChI is InChI=1S/C22H28F4O/c1-2-3-15-4-6-16(7-5-15)8-9-17-10-12-19-18(14-17)11-13-20(21(19)23)27-22(24,25)26/h10-11,13,15-16H,2-9,12,14H2,1H3. The third kappa shape index (κ3) is 5.49. The second kappa shape index (κ2) is 8.66. The maximum atomic E-state index is 14.3. The average Bonchev–Trinajstić information content (AvgIpc) is 2.63. The maximum Gasteiger partial charge on any atom is 0.573 e. The van der Waals surface area contributed by atoms with Gasteiger partial charge < -0.3 is 4.74 Å². The summed E-state index contributed by atoms with van der Waals surface area (Å²) in [5.74, 6) is 0.0686. The molecular weight excluding hydrogens is 356 g/mol. The van der Waals surface area contributed by atoms with Crippen LogP contribution in [0.4, 0.5) is 17.6 Å². The predicted molar refractivity (Wildman–Crippen MR) is 98.2 cm³/mol. The minimum Gasteiger partial charge on any atom is -0.403 e. The zero-order chi connectivity index (χ0) is 19.4. The number of alkyl halides is 3. The van der Waals surface area contributed by atoms with E-state index in [1.165, 1.54) is 44.1 Å². The largest absolute Gasteiger partial charge is 0.573 e. The molecule has 0 unspecified atom stereocenters. The minimum atomic E-state index is -4.87. The first-order chi connectivity index (χ1) is 12.9. The van der Waals surface area contributed by atoms with Gasteiger partial charge in [-0.3, -0.25) is 0 Å². The van der Waals surface area contributed by atoms with E-state index in [0.717, 1.165) is 36.3 Å². The summed E-state index contributed by atoms with van der Waals surface area (Å²) in [5.41, 5.74) is 2.40. The van der Waals surface area contributed by atoms with Gasteiger partial charge in [0.25, 0.3) is 0 Å². The number of hydrogen-bond acceptors (Lipinski definition) is 1. The van der Waals surface area contributed by atoms with Crippen molar-refractivity contribution in [2.75, 3.05) is 0 Å². The van der Waals surface area contributed by atoms with Crippen LogP contribution in [0.5, 0.6) is 5.75 Å². The van der Waals surface area contributed by atoms with Crippen molar-refractivity contribution in [3.8, 4) is 5.75 Å². The second-order valence-corrected chi connectivity index (χ2v) is 8.02. The molecule has 0 atom stereocenters. The van der Waals surface area contributed by atoms with Crippen molar-refractivity contribution in [3.63, 3.8) is 0 Å². The lowest BCUT2D eigenvalue weighted by molar-refractivity contribution is -0.275. The molecule has 5 heteroatoms. The first-order valence-corrected chi connectivity index (χ1v) is 10.1. The summed E-state index contributed by atoms with van der Waals surface area (Å²) in [6, 6.07) is 2.67. The Morgan fingerprint density at radius 2 is 1.70 bits per heavy atom. The van der Waals surface area contributed by atoms with E-state index < -0.39 is 17.9 Å². The van der Waals surface area contributed by atoms with Gasteiger partial charge in [-0.25, -0.2) is 4.39 Å². The fourth-order valence-corrected chi connectivity index (χ4v) is 4.59. The Labute approximate surface area is 158 Å². The van der Waals surface area contributed by atoms with Crippen LogP contribution in [0.1, 0.15) is 69.4 Å². The predicted octanol–water partition coefficient (Wildman–Crippen LogP) is 7.14. The number of allylic oxidation sites excluding steroid dienone is 2. The first kappa shape index (κ1) is 20.2. The zero-order valence-electron chi connectivity index (χ0n) is 15.9. The highest BCUT2D eigenvalue weighted by atomic mass is 19.4. The topological polar surface area (TPSA) is 9.23 Å². The summed E-state index contributed by atoms with van der Waals surface area (Å²) in [7, 11) is 0. The zero-order valence-corrected chi connectivity index (χ0v) is 15.9. The molecule has 0 saturated heterocycles. The average molecular weight is 384 g/mol. The van der Waals surface area contributed by atoms with Crippen molar-refractivity contribution in [1.82, 2.24) is 0 Å². The molecule has 2 aliphatic carbocycles. The molecule has 0 radical (unpaired) electrons. The Morgan fingerprint density at radius 3 is 2.33 bits per heavy atom. The van der Waals surface area contributed by atoms with Crippen LogP contribution in [0.15, 0.2) is 23.8 Å². The molecule has 3 rings (SSSR count). The molecule has 1 nitrogen and oxygen atoms in total. The van der Waals surface area contributed by atoms with Crippen LogP contribution in [-0.2, 0) is 12.8 Å². The van der Waals surface area contributed by atoms with E-state index in [2.05, 4.69) is 11.7 Å². The van der Waals surface area contributed by atoms with Crippen LogP contribution >= 0.6 is 0 Å². The Bertz CT molecular complexity index is 670. The lowest BCUT2D eigenvalue weighted by Crippen LogP contribution is -2.19. The summed E-state index contributed by atoms with van der Waals surface area (Å²) in [5, 5.41) is 0. The molecule has 27 heavy (non-hydrogen) atoms. The number of hydrogen-bond donors (Lipinski definition) is 0. The highest BCUT2D eigenvalue weighted by molar-refractivity contribution is 5.43. The summed E-state index contributed by atoms with van der Waals surface area (Å²) >= 11 is 0. The molecule has 0 amide bonds. The van der Waals surface area contributed by atoms with Gasteiger partial charge in [0.05, 0.1) is 0 Å². The SMILES string of the molecule is CCCC1CCC(CCC2=CCc3c(ccc(OC(F)(F)F)c3F)C2)CC1. The quantitative estimate of drug-likeness (QED) is 0.374. The van der Waals surface area contributed by atoms with Gasteiger partial charge >= 0.3 is 6.36 Å². The van der Waals surface area contributed by atoms with Crippen molar-refractivity contribution in [2.24, 2.45) is 11.8 Å². The van der Waals surface area contributed by atoms with E-state index in [1.807, 2.05) is 6.08 Å².